The summed E-state index contributed by atoms with van der Waals surface area (Å²) < 4.78 is 0. The first-order chi connectivity index (χ1) is 8.16. The Kier molecular flexibility index (Phi) is 3.82. The number of ketones is 1. The van der Waals surface area contributed by atoms with Crippen molar-refractivity contribution in [1.82, 2.24) is 0 Å². The van der Waals surface area contributed by atoms with E-state index < -0.39 is 0 Å². The summed E-state index contributed by atoms with van der Waals surface area (Å²) in [7, 11) is 0. The Hall–Kier alpha value is -1.31. The minimum Gasteiger partial charge on any atom is -0.371 e. The van der Waals surface area contributed by atoms with Gasteiger partial charge < -0.3 is 9.69 Å². The fourth-order valence-electron chi connectivity index (χ4n) is 2.55. The molecule has 0 aromatic heterocycles. The van der Waals surface area contributed by atoms with Crippen molar-refractivity contribution in [3.05, 3.63) is 29.3 Å². The molecule has 0 atom stereocenters. The summed E-state index contributed by atoms with van der Waals surface area (Å²) in [5.74, 6) is 0.297. The molecule has 1 aliphatic heterocycles. The number of rotatable bonds is 4. The fraction of sp³-hybridized carbons (Fsp3) is 0.533. The van der Waals surface area contributed by atoms with Gasteiger partial charge in [0.2, 0.25) is 0 Å². The van der Waals surface area contributed by atoms with Gasteiger partial charge in [0.15, 0.2) is 0 Å². The Balaban J connectivity index is 2.04. The first kappa shape index (κ1) is 12.2. The summed E-state index contributed by atoms with van der Waals surface area (Å²) >= 11 is 0. The van der Waals surface area contributed by atoms with E-state index in [2.05, 4.69) is 30.0 Å². The van der Waals surface area contributed by atoms with Crippen molar-refractivity contribution in [2.24, 2.45) is 0 Å². The van der Waals surface area contributed by atoms with Crippen LogP contribution in [0.25, 0.3) is 0 Å². The van der Waals surface area contributed by atoms with E-state index in [0.29, 0.717) is 12.2 Å². The molecule has 2 nitrogen and oxygen atoms in total. The second-order valence-electron chi connectivity index (χ2n) is 5.03. The number of hydrogen-bond acceptors (Lipinski definition) is 2. The van der Waals surface area contributed by atoms with Crippen LogP contribution >= 0.6 is 0 Å². The summed E-state index contributed by atoms with van der Waals surface area (Å²) in [6, 6.07) is 6.71. The van der Waals surface area contributed by atoms with E-state index in [1.807, 2.05) is 0 Å². The number of anilines is 1. The lowest BCUT2D eigenvalue weighted by Gasteiger charge is -2.31. The van der Waals surface area contributed by atoms with Crippen molar-refractivity contribution in [2.45, 2.75) is 39.5 Å². The number of Topliss-reactive ketones (excluding diaryl/α,β-unsaturated/α-hetero) is 1. The van der Waals surface area contributed by atoms with Gasteiger partial charge in [-0.05, 0) is 44.7 Å². The monoisotopic (exact) mass is 231 g/mol. The SMILES string of the molecule is CC(=O)CCCN1CCCc2cc(C)ccc21. The standard InChI is InChI=1S/C15H21NO/c1-12-7-8-15-14(11-12)6-4-10-16(15)9-3-5-13(2)17/h7-8,11H,3-6,9-10H2,1-2H3. The average Bonchev–Trinajstić information content (AvgIpc) is 2.28. The molecule has 0 N–H and O–H groups in total. The van der Waals surface area contributed by atoms with Crippen LogP contribution in [0, 0.1) is 6.92 Å². The van der Waals surface area contributed by atoms with E-state index >= 15 is 0 Å². The van der Waals surface area contributed by atoms with E-state index in [9.17, 15) is 4.79 Å². The number of carbonyl (C=O) groups excluding carboxylic acids is 1. The predicted octanol–water partition coefficient (Wildman–Crippen LogP) is 3.12. The van der Waals surface area contributed by atoms with E-state index in [-0.39, 0.29) is 0 Å². The highest BCUT2D eigenvalue weighted by atomic mass is 16.1. The summed E-state index contributed by atoms with van der Waals surface area (Å²) in [6.07, 6.45) is 4.11. The second kappa shape index (κ2) is 5.35. The lowest BCUT2D eigenvalue weighted by atomic mass is 9.99. The molecule has 1 heterocycles. The molecule has 1 aromatic rings. The highest BCUT2D eigenvalue weighted by molar-refractivity contribution is 5.75. The van der Waals surface area contributed by atoms with Crippen molar-refractivity contribution in [3.63, 3.8) is 0 Å². The van der Waals surface area contributed by atoms with E-state index in [1.165, 1.54) is 29.7 Å². The van der Waals surface area contributed by atoms with Crippen LogP contribution in [0.4, 0.5) is 5.69 Å². The molecule has 0 bridgehead atoms. The van der Waals surface area contributed by atoms with Gasteiger partial charge in [-0.3, -0.25) is 0 Å². The molecule has 0 unspecified atom stereocenters. The topological polar surface area (TPSA) is 20.3 Å². The van der Waals surface area contributed by atoms with Gasteiger partial charge in [-0.25, -0.2) is 0 Å². The molecule has 92 valence electrons. The first-order valence-electron chi connectivity index (χ1n) is 6.51. The van der Waals surface area contributed by atoms with Crippen LogP contribution in [-0.4, -0.2) is 18.9 Å². The molecule has 0 saturated heterocycles. The highest BCUT2D eigenvalue weighted by Crippen LogP contribution is 2.28. The molecular formula is C15H21NO. The lowest BCUT2D eigenvalue weighted by molar-refractivity contribution is -0.117. The van der Waals surface area contributed by atoms with E-state index in [0.717, 1.165) is 19.5 Å². The van der Waals surface area contributed by atoms with Gasteiger partial charge >= 0.3 is 0 Å². The summed E-state index contributed by atoms with van der Waals surface area (Å²) in [5.41, 5.74) is 4.19. The Bertz CT molecular complexity index is 411. The fourth-order valence-corrected chi connectivity index (χ4v) is 2.55. The minimum absolute atomic E-state index is 0.297. The predicted molar refractivity (Wildman–Crippen MR) is 71.6 cm³/mol. The quantitative estimate of drug-likeness (QED) is 0.793. The summed E-state index contributed by atoms with van der Waals surface area (Å²) in [4.78, 5) is 13.4. The van der Waals surface area contributed by atoms with Crippen LogP contribution in [0.15, 0.2) is 18.2 Å². The Morgan fingerprint density at radius 2 is 2.24 bits per heavy atom. The number of benzene rings is 1. The number of nitrogens with zero attached hydrogens (tertiary/aromatic N) is 1. The molecule has 0 radical (unpaired) electrons. The third-order valence-electron chi connectivity index (χ3n) is 3.41. The number of hydrogen-bond donors (Lipinski definition) is 0. The smallest absolute Gasteiger partial charge is 0.129 e. The average molecular weight is 231 g/mol. The third-order valence-corrected chi connectivity index (χ3v) is 3.41. The van der Waals surface area contributed by atoms with Crippen molar-refractivity contribution >= 4 is 11.5 Å². The Labute approximate surface area is 104 Å². The van der Waals surface area contributed by atoms with Gasteiger partial charge in [0.05, 0.1) is 0 Å². The third kappa shape index (κ3) is 3.09. The van der Waals surface area contributed by atoms with Crippen LogP contribution in [0.1, 0.15) is 37.3 Å². The van der Waals surface area contributed by atoms with E-state index in [1.54, 1.807) is 6.92 Å². The van der Waals surface area contributed by atoms with Crippen LogP contribution in [0.5, 0.6) is 0 Å². The zero-order valence-electron chi connectivity index (χ0n) is 10.8. The molecule has 0 aliphatic carbocycles. The maximum absolute atomic E-state index is 11.0. The van der Waals surface area contributed by atoms with Gasteiger partial charge in [-0.2, -0.15) is 0 Å². The maximum atomic E-state index is 11.0. The van der Waals surface area contributed by atoms with Crippen molar-refractivity contribution in [1.29, 1.82) is 0 Å². The van der Waals surface area contributed by atoms with Crippen molar-refractivity contribution in [2.75, 3.05) is 18.0 Å². The van der Waals surface area contributed by atoms with Crippen LogP contribution in [0.3, 0.4) is 0 Å². The largest absolute Gasteiger partial charge is 0.371 e. The van der Waals surface area contributed by atoms with Crippen LogP contribution in [0.2, 0.25) is 0 Å². The van der Waals surface area contributed by atoms with Gasteiger partial charge in [0.25, 0.3) is 0 Å². The summed E-state index contributed by atoms with van der Waals surface area (Å²) in [6.45, 7) is 5.96. The molecule has 2 rings (SSSR count). The maximum Gasteiger partial charge on any atom is 0.129 e. The molecule has 17 heavy (non-hydrogen) atoms. The number of fused-ring (bicyclic) bond motifs is 1. The normalized spacial score (nSPS) is 14.6. The van der Waals surface area contributed by atoms with Gasteiger partial charge in [0.1, 0.15) is 5.78 Å². The highest BCUT2D eigenvalue weighted by Gasteiger charge is 2.16. The number of aryl methyl sites for hydroxylation is 2. The summed E-state index contributed by atoms with van der Waals surface area (Å²) in [5, 5.41) is 0. The van der Waals surface area contributed by atoms with Gasteiger partial charge in [0, 0.05) is 25.2 Å². The van der Waals surface area contributed by atoms with Crippen LogP contribution in [-0.2, 0) is 11.2 Å². The zero-order chi connectivity index (χ0) is 12.3. The minimum atomic E-state index is 0.297. The van der Waals surface area contributed by atoms with Crippen LogP contribution < -0.4 is 4.90 Å². The molecule has 0 amide bonds. The molecule has 0 fully saturated rings. The van der Waals surface area contributed by atoms with Crippen molar-refractivity contribution < 1.29 is 4.79 Å². The zero-order valence-corrected chi connectivity index (χ0v) is 10.8. The Morgan fingerprint density at radius 3 is 3.00 bits per heavy atom. The Morgan fingerprint density at radius 1 is 1.41 bits per heavy atom. The van der Waals surface area contributed by atoms with Crippen molar-refractivity contribution in [3.8, 4) is 0 Å². The molecular weight excluding hydrogens is 210 g/mol. The number of carbonyl (C=O) groups is 1. The lowest BCUT2D eigenvalue weighted by Crippen LogP contribution is -2.30. The second-order valence-corrected chi connectivity index (χ2v) is 5.03. The molecule has 2 heteroatoms. The molecule has 0 saturated carbocycles. The molecule has 0 spiro atoms. The molecule has 1 aromatic carbocycles. The first-order valence-corrected chi connectivity index (χ1v) is 6.51. The van der Waals surface area contributed by atoms with E-state index in [4.69, 9.17) is 0 Å². The molecule has 1 aliphatic rings. The van der Waals surface area contributed by atoms with Gasteiger partial charge in [-0.15, -0.1) is 0 Å². The van der Waals surface area contributed by atoms with Gasteiger partial charge in [-0.1, -0.05) is 17.7 Å².